The number of unbranched alkanes of at least 4 members (excludes halogenated alkanes) is 1. The number of hydrogen-bond donors (Lipinski definition) is 2. The fourth-order valence-electron chi connectivity index (χ4n) is 1.57. The van der Waals surface area contributed by atoms with Gasteiger partial charge in [-0.05, 0) is 12.0 Å². The standard InChI is InChI=1S/C12H17NO2.ClH/c1-2-3-9-12(13,11(14)15)10-7-5-4-6-8-10;/h4-8H,2-3,9,13H2,1H3,(H,14,15);1H/t12-;/m0./s1. The van der Waals surface area contributed by atoms with Crippen molar-refractivity contribution in [2.45, 2.75) is 31.7 Å². The second-order valence-corrected chi connectivity index (χ2v) is 3.75. The Hall–Kier alpha value is -1.06. The smallest absolute Gasteiger partial charge is 0.328 e. The predicted octanol–water partition coefficient (Wildman–Crippen LogP) is 2.54. The molecule has 0 aromatic heterocycles. The van der Waals surface area contributed by atoms with Crippen molar-refractivity contribution in [1.29, 1.82) is 0 Å². The molecule has 0 aliphatic carbocycles. The van der Waals surface area contributed by atoms with E-state index in [2.05, 4.69) is 0 Å². The van der Waals surface area contributed by atoms with Gasteiger partial charge in [0.25, 0.3) is 0 Å². The second kappa shape index (κ2) is 6.51. The van der Waals surface area contributed by atoms with E-state index < -0.39 is 11.5 Å². The predicted molar refractivity (Wildman–Crippen MR) is 66.7 cm³/mol. The molecule has 0 aliphatic heterocycles. The quantitative estimate of drug-likeness (QED) is 0.835. The average Bonchev–Trinajstić information content (AvgIpc) is 2.27. The summed E-state index contributed by atoms with van der Waals surface area (Å²) in [5.74, 6) is -0.956. The lowest BCUT2D eigenvalue weighted by Gasteiger charge is -2.24. The summed E-state index contributed by atoms with van der Waals surface area (Å²) < 4.78 is 0. The van der Waals surface area contributed by atoms with Crippen molar-refractivity contribution in [2.24, 2.45) is 5.73 Å². The van der Waals surface area contributed by atoms with Crippen molar-refractivity contribution < 1.29 is 9.90 Å². The summed E-state index contributed by atoms with van der Waals surface area (Å²) in [4.78, 5) is 11.2. The highest BCUT2D eigenvalue weighted by molar-refractivity contribution is 5.85. The van der Waals surface area contributed by atoms with E-state index in [0.29, 0.717) is 12.0 Å². The minimum Gasteiger partial charge on any atom is -0.480 e. The van der Waals surface area contributed by atoms with E-state index in [1.54, 1.807) is 12.1 Å². The molecule has 0 unspecified atom stereocenters. The van der Waals surface area contributed by atoms with Crippen LogP contribution in [0.1, 0.15) is 31.7 Å². The molecule has 1 rings (SSSR count). The zero-order valence-electron chi connectivity index (χ0n) is 9.35. The SMILES string of the molecule is CCCC[C@@](N)(C(=O)O)c1ccccc1.Cl. The van der Waals surface area contributed by atoms with Crippen LogP contribution in [-0.4, -0.2) is 11.1 Å². The zero-order valence-corrected chi connectivity index (χ0v) is 10.2. The van der Waals surface area contributed by atoms with Gasteiger partial charge < -0.3 is 10.8 Å². The molecule has 4 heteroatoms. The van der Waals surface area contributed by atoms with Crippen molar-refractivity contribution in [1.82, 2.24) is 0 Å². The van der Waals surface area contributed by atoms with Gasteiger partial charge in [0, 0.05) is 0 Å². The van der Waals surface area contributed by atoms with Crippen LogP contribution in [0.15, 0.2) is 30.3 Å². The molecule has 0 heterocycles. The van der Waals surface area contributed by atoms with Gasteiger partial charge in [-0.1, -0.05) is 50.1 Å². The van der Waals surface area contributed by atoms with Gasteiger partial charge in [-0.3, -0.25) is 0 Å². The van der Waals surface area contributed by atoms with Crippen LogP contribution in [0.3, 0.4) is 0 Å². The molecule has 0 aliphatic rings. The summed E-state index contributed by atoms with van der Waals surface area (Å²) in [6.07, 6.45) is 2.24. The molecule has 0 amide bonds. The Morgan fingerprint density at radius 3 is 2.38 bits per heavy atom. The third kappa shape index (κ3) is 3.22. The van der Waals surface area contributed by atoms with Crippen LogP contribution < -0.4 is 5.73 Å². The molecule has 0 bridgehead atoms. The van der Waals surface area contributed by atoms with E-state index >= 15 is 0 Å². The highest BCUT2D eigenvalue weighted by Gasteiger charge is 2.34. The molecule has 0 saturated carbocycles. The van der Waals surface area contributed by atoms with Crippen LogP contribution >= 0.6 is 12.4 Å². The van der Waals surface area contributed by atoms with E-state index in [9.17, 15) is 9.90 Å². The molecule has 1 aromatic rings. The number of carboxylic acids is 1. The van der Waals surface area contributed by atoms with Crippen LogP contribution in [0, 0.1) is 0 Å². The molecule has 0 fully saturated rings. The largest absolute Gasteiger partial charge is 0.480 e. The monoisotopic (exact) mass is 243 g/mol. The molecule has 1 aromatic carbocycles. The van der Waals surface area contributed by atoms with Crippen LogP contribution in [0.2, 0.25) is 0 Å². The van der Waals surface area contributed by atoms with Gasteiger partial charge in [0.2, 0.25) is 0 Å². The lowest BCUT2D eigenvalue weighted by atomic mass is 9.86. The zero-order chi connectivity index (χ0) is 11.3. The van der Waals surface area contributed by atoms with E-state index in [0.717, 1.165) is 12.8 Å². The second-order valence-electron chi connectivity index (χ2n) is 3.75. The van der Waals surface area contributed by atoms with Gasteiger partial charge in [-0.15, -0.1) is 12.4 Å². The molecule has 3 nitrogen and oxygen atoms in total. The van der Waals surface area contributed by atoms with Crippen molar-refractivity contribution in [3.8, 4) is 0 Å². The van der Waals surface area contributed by atoms with Crippen molar-refractivity contribution in [3.05, 3.63) is 35.9 Å². The Morgan fingerprint density at radius 1 is 1.38 bits per heavy atom. The highest BCUT2D eigenvalue weighted by Crippen LogP contribution is 2.24. The fourth-order valence-corrected chi connectivity index (χ4v) is 1.57. The lowest BCUT2D eigenvalue weighted by molar-refractivity contribution is -0.144. The molecule has 0 saturated heterocycles. The Morgan fingerprint density at radius 2 is 1.94 bits per heavy atom. The molecule has 0 radical (unpaired) electrons. The number of carboxylic acid groups (broad SMARTS) is 1. The summed E-state index contributed by atoms with van der Waals surface area (Å²) in [5.41, 5.74) is 5.38. The van der Waals surface area contributed by atoms with Gasteiger partial charge in [-0.2, -0.15) is 0 Å². The number of aliphatic carboxylic acids is 1. The maximum absolute atomic E-state index is 11.2. The van der Waals surface area contributed by atoms with Crippen LogP contribution in [0.5, 0.6) is 0 Å². The summed E-state index contributed by atoms with van der Waals surface area (Å²) in [7, 11) is 0. The molecule has 1 atom stereocenters. The van der Waals surface area contributed by atoms with Crippen molar-refractivity contribution in [3.63, 3.8) is 0 Å². The summed E-state index contributed by atoms with van der Waals surface area (Å²) in [6.45, 7) is 2.02. The first-order chi connectivity index (χ1) is 7.11. The van der Waals surface area contributed by atoms with Gasteiger partial charge >= 0.3 is 5.97 Å². The highest BCUT2D eigenvalue weighted by atomic mass is 35.5. The van der Waals surface area contributed by atoms with E-state index in [1.165, 1.54) is 0 Å². The summed E-state index contributed by atoms with van der Waals surface area (Å²) >= 11 is 0. The van der Waals surface area contributed by atoms with Gasteiger partial charge in [0.05, 0.1) is 0 Å². The molecule has 16 heavy (non-hydrogen) atoms. The Labute approximate surface area is 102 Å². The van der Waals surface area contributed by atoms with E-state index in [1.807, 2.05) is 25.1 Å². The number of halogens is 1. The molecule has 3 N–H and O–H groups in total. The molecular weight excluding hydrogens is 226 g/mol. The van der Waals surface area contributed by atoms with Crippen LogP contribution in [0.25, 0.3) is 0 Å². The Balaban J connectivity index is 0.00000225. The van der Waals surface area contributed by atoms with Gasteiger partial charge in [0.15, 0.2) is 0 Å². The van der Waals surface area contributed by atoms with Crippen LogP contribution in [-0.2, 0) is 10.3 Å². The summed E-state index contributed by atoms with van der Waals surface area (Å²) in [5, 5.41) is 9.19. The first kappa shape index (κ1) is 14.9. The molecule has 90 valence electrons. The number of rotatable bonds is 5. The maximum atomic E-state index is 11.2. The fraction of sp³-hybridized carbons (Fsp3) is 0.417. The first-order valence-electron chi connectivity index (χ1n) is 5.19. The minimum absolute atomic E-state index is 0. The first-order valence-corrected chi connectivity index (χ1v) is 5.19. The number of nitrogens with two attached hydrogens (primary N) is 1. The average molecular weight is 244 g/mol. The third-order valence-electron chi connectivity index (χ3n) is 2.60. The van der Waals surface area contributed by atoms with E-state index in [4.69, 9.17) is 5.73 Å². The Kier molecular flexibility index (Phi) is 6.08. The minimum atomic E-state index is -1.24. The summed E-state index contributed by atoms with van der Waals surface area (Å²) in [6, 6.07) is 9.01. The topological polar surface area (TPSA) is 63.3 Å². The van der Waals surface area contributed by atoms with E-state index in [-0.39, 0.29) is 12.4 Å². The van der Waals surface area contributed by atoms with Crippen LogP contribution in [0.4, 0.5) is 0 Å². The number of carbonyl (C=O) groups is 1. The molecule has 0 spiro atoms. The Bertz CT molecular complexity index is 329. The maximum Gasteiger partial charge on any atom is 0.328 e. The number of benzene rings is 1. The van der Waals surface area contributed by atoms with Gasteiger partial charge in [0.1, 0.15) is 5.54 Å². The van der Waals surface area contributed by atoms with Gasteiger partial charge in [-0.25, -0.2) is 4.79 Å². The molecular formula is C12H18ClNO2. The van der Waals surface area contributed by atoms with Crippen molar-refractivity contribution >= 4 is 18.4 Å². The van der Waals surface area contributed by atoms with Crippen molar-refractivity contribution in [2.75, 3.05) is 0 Å². The lowest BCUT2D eigenvalue weighted by Crippen LogP contribution is -2.44. The third-order valence-corrected chi connectivity index (χ3v) is 2.60. The normalized spacial score (nSPS) is 13.6. The number of hydrogen-bond acceptors (Lipinski definition) is 2.